The Labute approximate surface area is 109 Å². The highest BCUT2D eigenvalue weighted by molar-refractivity contribution is 5.84. The van der Waals surface area contributed by atoms with Gasteiger partial charge in [-0.2, -0.15) is 0 Å². The molecular weight excluding hydrogens is 232 g/mol. The van der Waals surface area contributed by atoms with Gasteiger partial charge in [0, 0.05) is 13.1 Å². The standard InChI is InChI=1S/C13H24N2O3/c1-9(5-6-13(2,3)4)10(11(16)17)15-8-7-14-12(15)18/h9-10H,5-8H2,1-4H3,(H,14,18)(H,16,17)/t9-,10-/m0/s1. The number of carbonyl (C=O) groups excluding carboxylic acids is 1. The normalized spacial score (nSPS) is 19.6. The molecule has 1 heterocycles. The summed E-state index contributed by atoms with van der Waals surface area (Å²) in [6.07, 6.45) is 1.76. The van der Waals surface area contributed by atoms with Crippen LogP contribution in [0.2, 0.25) is 0 Å². The molecule has 0 bridgehead atoms. The van der Waals surface area contributed by atoms with Gasteiger partial charge in [0.15, 0.2) is 0 Å². The van der Waals surface area contributed by atoms with E-state index in [1.807, 2.05) is 6.92 Å². The third-order valence-corrected chi connectivity index (χ3v) is 3.37. The number of carboxylic acids is 1. The average Bonchev–Trinajstić information content (AvgIpc) is 2.61. The van der Waals surface area contributed by atoms with E-state index >= 15 is 0 Å². The predicted octanol–water partition coefficient (Wildman–Crippen LogP) is 1.93. The first kappa shape index (κ1) is 14.8. The Morgan fingerprint density at radius 3 is 2.50 bits per heavy atom. The second-order valence-electron chi connectivity index (χ2n) is 6.29. The SMILES string of the molecule is C[C@@H](CCC(C)(C)C)[C@@H](C(=O)O)N1CCNC1=O. The highest BCUT2D eigenvalue weighted by Crippen LogP contribution is 2.27. The second-order valence-corrected chi connectivity index (χ2v) is 6.29. The third-order valence-electron chi connectivity index (χ3n) is 3.37. The van der Waals surface area contributed by atoms with E-state index < -0.39 is 12.0 Å². The zero-order chi connectivity index (χ0) is 13.9. The van der Waals surface area contributed by atoms with Gasteiger partial charge in [0.1, 0.15) is 6.04 Å². The van der Waals surface area contributed by atoms with Crippen molar-refractivity contribution < 1.29 is 14.7 Å². The van der Waals surface area contributed by atoms with Crippen molar-refractivity contribution in [3.8, 4) is 0 Å². The Morgan fingerprint density at radius 1 is 1.50 bits per heavy atom. The van der Waals surface area contributed by atoms with E-state index in [0.29, 0.717) is 13.1 Å². The summed E-state index contributed by atoms with van der Waals surface area (Å²) in [6, 6.07) is -0.972. The van der Waals surface area contributed by atoms with Crippen LogP contribution in [0.25, 0.3) is 0 Å². The number of urea groups is 1. The van der Waals surface area contributed by atoms with Crippen molar-refractivity contribution >= 4 is 12.0 Å². The van der Waals surface area contributed by atoms with E-state index in [-0.39, 0.29) is 17.4 Å². The Hall–Kier alpha value is -1.26. The van der Waals surface area contributed by atoms with Gasteiger partial charge in [0.25, 0.3) is 0 Å². The molecule has 1 fully saturated rings. The maximum Gasteiger partial charge on any atom is 0.326 e. The molecule has 2 N–H and O–H groups in total. The lowest BCUT2D eigenvalue weighted by Gasteiger charge is -2.30. The second kappa shape index (κ2) is 5.59. The first-order chi connectivity index (χ1) is 8.22. The predicted molar refractivity (Wildman–Crippen MR) is 69.4 cm³/mol. The molecule has 104 valence electrons. The van der Waals surface area contributed by atoms with Gasteiger partial charge in [-0.1, -0.05) is 27.7 Å². The lowest BCUT2D eigenvalue weighted by Crippen LogP contribution is -2.47. The minimum atomic E-state index is -0.909. The maximum absolute atomic E-state index is 11.6. The Bertz CT molecular complexity index is 323. The monoisotopic (exact) mass is 256 g/mol. The first-order valence-corrected chi connectivity index (χ1v) is 6.49. The smallest absolute Gasteiger partial charge is 0.326 e. The van der Waals surface area contributed by atoms with Gasteiger partial charge >= 0.3 is 12.0 Å². The summed E-state index contributed by atoms with van der Waals surface area (Å²) in [5, 5.41) is 12.0. The molecule has 0 radical (unpaired) electrons. The van der Waals surface area contributed by atoms with Gasteiger partial charge in [-0.25, -0.2) is 9.59 Å². The van der Waals surface area contributed by atoms with Crippen molar-refractivity contribution in [3.05, 3.63) is 0 Å². The van der Waals surface area contributed by atoms with Gasteiger partial charge < -0.3 is 15.3 Å². The Kier molecular flexibility index (Phi) is 4.59. The van der Waals surface area contributed by atoms with E-state index in [2.05, 4.69) is 26.1 Å². The summed E-state index contributed by atoms with van der Waals surface area (Å²) in [5.74, 6) is -0.945. The third kappa shape index (κ3) is 3.89. The van der Waals surface area contributed by atoms with Crippen molar-refractivity contribution in [2.75, 3.05) is 13.1 Å². The summed E-state index contributed by atoms with van der Waals surface area (Å²) < 4.78 is 0. The number of hydrogen-bond donors (Lipinski definition) is 2. The molecule has 0 aromatic heterocycles. The topological polar surface area (TPSA) is 69.6 Å². The van der Waals surface area contributed by atoms with Crippen molar-refractivity contribution in [1.82, 2.24) is 10.2 Å². The lowest BCUT2D eigenvalue weighted by molar-refractivity contribution is -0.143. The fourth-order valence-electron chi connectivity index (χ4n) is 2.25. The van der Waals surface area contributed by atoms with Crippen LogP contribution in [0.15, 0.2) is 0 Å². The number of carboxylic acid groups (broad SMARTS) is 1. The van der Waals surface area contributed by atoms with Crippen molar-refractivity contribution in [2.24, 2.45) is 11.3 Å². The minimum absolute atomic E-state index is 0.0365. The number of aliphatic carboxylic acids is 1. The van der Waals surface area contributed by atoms with Crippen LogP contribution in [0.4, 0.5) is 4.79 Å². The minimum Gasteiger partial charge on any atom is -0.480 e. The van der Waals surface area contributed by atoms with E-state index in [9.17, 15) is 14.7 Å². The van der Waals surface area contributed by atoms with Gasteiger partial charge in [0.05, 0.1) is 0 Å². The van der Waals surface area contributed by atoms with E-state index in [0.717, 1.165) is 12.8 Å². The van der Waals surface area contributed by atoms with Crippen LogP contribution in [0.5, 0.6) is 0 Å². The highest BCUT2D eigenvalue weighted by Gasteiger charge is 2.36. The van der Waals surface area contributed by atoms with Crippen molar-refractivity contribution in [2.45, 2.75) is 46.6 Å². The summed E-state index contributed by atoms with van der Waals surface area (Å²) in [6.45, 7) is 9.34. The molecule has 1 saturated heterocycles. The molecule has 5 nitrogen and oxygen atoms in total. The molecule has 2 amide bonds. The van der Waals surface area contributed by atoms with E-state index in [1.54, 1.807) is 0 Å². The molecule has 0 spiro atoms. The first-order valence-electron chi connectivity index (χ1n) is 6.49. The molecule has 0 aliphatic carbocycles. The van der Waals surface area contributed by atoms with Crippen LogP contribution in [-0.4, -0.2) is 41.1 Å². The van der Waals surface area contributed by atoms with Crippen LogP contribution in [-0.2, 0) is 4.79 Å². The molecule has 0 saturated carbocycles. The van der Waals surface area contributed by atoms with Crippen LogP contribution >= 0.6 is 0 Å². The van der Waals surface area contributed by atoms with Crippen LogP contribution in [0, 0.1) is 11.3 Å². The summed E-state index contributed by atoms with van der Waals surface area (Å²) in [7, 11) is 0. The number of carbonyl (C=O) groups is 2. The van der Waals surface area contributed by atoms with Crippen LogP contribution in [0.1, 0.15) is 40.5 Å². The molecule has 1 aliphatic heterocycles. The zero-order valence-electron chi connectivity index (χ0n) is 11.7. The molecule has 5 heteroatoms. The quantitative estimate of drug-likeness (QED) is 0.789. The van der Waals surface area contributed by atoms with Crippen LogP contribution in [0.3, 0.4) is 0 Å². The molecule has 1 aliphatic rings. The number of amides is 2. The zero-order valence-corrected chi connectivity index (χ0v) is 11.7. The number of hydrogen-bond acceptors (Lipinski definition) is 2. The fourth-order valence-corrected chi connectivity index (χ4v) is 2.25. The highest BCUT2D eigenvalue weighted by atomic mass is 16.4. The summed E-state index contributed by atoms with van der Waals surface area (Å²) in [4.78, 5) is 24.4. The fraction of sp³-hybridized carbons (Fsp3) is 0.846. The van der Waals surface area contributed by atoms with Gasteiger partial charge in [0.2, 0.25) is 0 Å². The summed E-state index contributed by atoms with van der Waals surface area (Å²) >= 11 is 0. The molecule has 1 rings (SSSR count). The number of rotatable bonds is 5. The molecule has 0 aromatic rings. The molecule has 18 heavy (non-hydrogen) atoms. The average molecular weight is 256 g/mol. The largest absolute Gasteiger partial charge is 0.480 e. The van der Waals surface area contributed by atoms with E-state index in [4.69, 9.17) is 0 Å². The Balaban J connectivity index is 2.67. The van der Waals surface area contributed by atoms with Gasteiger partial charge in [-0.15, -0.1) is 0 Å². The molecule has 0 unspecified atom stereocenters. The lowest BCUT2D eigenvalue weighted by atomic mass is 9.84. The maximum atomic E-state index is 11.6. The molecule has 0 aromatic carbocycles. The van der Waals surface area contributed by atoms with Gasteiger partial charge in [-0.3, -0.25) is 0 Å². The molecular formula is C13H24N2O3. The van der Waals surface area contributed by atoms with Gasteiger partial charge in [-0.05, 0) is 24.2 Å². The Morgan fingerprint density at radius 2 is 2.11 bits per heavy atom. The van der Waals surface area contributed by atoms with Crippen molar-refractivity contribution in [1.29, 1.82) is 0 Å². The number of nitrogens with zero attached hydrogens (tertiary/aromatic N) is 1. The van der Waals surface area contributed by atoms with Crippen molar-refractivity contribution in [3.63, 3.8) is 0 Å². The van der Waals surface area contributed by atoms with E-state index in [1.165, 1.54) is 4.90 Å². The summed E-state index contributed by atoms with van der Waals surface area (Å²) in [5.41, 5.74) is 0.185. The van der Waals surface area contributed by atoms with Crippen LogP contribution < -0.4 is 5.32 Å². The molecule has 2 atom stereocenters. The number of nitrogens with one attached hydrogen (secondary N) is 1.